The average molecular weight is 333 g/mol. The number of halogens is 1. The van der Waals surface area contributed by atoms with E-state index in [9.17, 15) is 13.2 Å². The summed E-state index contributed by atoms with van der Waals surface area (Å²) in [5.74, 6) is -0.126. The quantitative estimate of drug-likeness (QED) is 0.864. The summed E-state index contributed by atoms with van der Waals surface area (Å²) in [7, 11) is -3.62. The van der Waals surface area contributed by atoms with Crippen LogP contribution in [0.2, 0.25) is 5.02 Å². The highest BCUT2D eigenvalue weighted by Crippen LogP contribution is 2.19. The van der Waals surface area contributed by atoms with Crippen LogP contribution in [0.3, 0.4) is 0 Å². The summed E-state index contributed by atoms with van der Waals surface area (Å²) < 4.78 is 31.7. The Kier molecular flexibility index (Phi) is 5.21. The fraction of sp³-hybridized carbons (Fsp3) is 0.462. The van der Waals surface area contributed by atoms with Gasteiger partial charge in [0, 0.05) is 24.7 Å². The highest BCUT2D eigenvalue weighted by Gasteiger charge is 2.20. The van der Waals surface area contributed by atoms with Crippen molar-refractivity contribution < 1.29 is 17.9 Å². The third kappa shape index (κ3) is 4.16. The van der Waals surface area contributed by atoms with Crippen molar-refractivity contribution in [3.8, 4) is 0 Å². The maximum Gasteiger partial charge on any atom is 0.248 e. The third-order valence-corrected chi connectivity index (χ3v) is 5.08. The molecule has 1 fully saturated rings. The SMILES string of the molecule is Cc1ccc(S(=O)(=O)NCCN2CCOCC2=O)cc1Cl. The van der Waals surface area contributed by atoms with Crippen molar-refractivity contribution >= 4 is 27.5 Å². The summed E-state index contributed by atoms with van der Waals surface area (Å²) >= 11 is 5.94. The van der Waals surface area contributed by atoms with Gasteiger partial charge in [-0.25, -0.2) is 13.1 Å². The molecular formula is C13H17ClN2O4S. The van der Waals surface area contributed by atoms with Crippen LogP contribution in [0.15, 0.2) is 23.1 Å². The number of hydrogen-bond donors (Lipinski definition) is 1. The lowest BCUT2D eigenvalue weighted by molar-refractivity contribution is -0.142. The summed E-state index contributed by atoms with van der Waals surface area (Å²) in [6, 6.07) is 4.57. The molecule has 116 valence electrons. The minimum Gasteiger partial charge on any atom is -0.370 e. The topological polar surface area (TPSA) is 75.7 Å². The zero-order valence-corrected chi connectivity index (χ0v) is 13.2. The minimum atomic E-state index is -3.62. The van der Waals surface area contributed by atoms with Gasteiger partial charge in [-0.05, 0) is 24.6 Å². The predicted molar refractivity (Wildman–Crippen MR) is 78.8 cm³/mol. The molecule has 0 saturated carbocycles. The number of ether oxygens (including phenoxy) is 1. The van der Waals surface area contributed by atoms with E-state index in [4.69, 9.17) is 16.3 Å². The van der Waals surface area contributed by atoms with Crippen LogP contribution in [0, 0.1) is 6.92 Å². The van der Waals surface area contributed by atoms with E-state index < -0.39 is 10.0 Å². The maximum atomic E-state index is 12.1. The van der Waals surface area contributed by atoms with Gasteiger partial charge in [0.25, 0.3) is 0 Å². The van der Waals surface area contributed by atoms with Gasteiger partial charge in [0.15, 0.2) is 0 Å². The third-order valence-electron chi connectivity index (χ3n) is 3.21. The van der Waals surface area contributed by atoms with Crippen molar-refractivity contribution in [2.45, 2.75) is 11.8 Å². The van der Waals surface area contributed by atoms with Crippen molar-refractivity contribution in [3.63, 3.8) is 0 Å². The predicted octanol–water partition coefficient (Wildman–Crippen LogP) is 0.786. The molecule has 0 aliphatic carbocycles. The first-order valence-corrected chi connectivity index (χ1v) is 8.37. The highest BCUT2D eigenvalue weighted by atomic mass is 35.5. The van der Waals surface area contributed by atoms with Gasteiger partial charge in [-0.15, -0.1) is 0 Å². The van der Waals surface area contributed by atoms with Crippen LogP contribution in [0.5, 0.6) is 0 Å². The molecule has 0 atom stereocenters. The van der Waals surface area contributed by atoms with Crippen LogP contribution in [-0.2, 0) is 19.6 Å². The van der Waals surface area contributed by atoms with Gasteiger partial charge in [-0.1, -0.05) is 17.7 Å². The number of carbonyl (C=O) groups excluding carboxylic acids is 1. The zero-order valence-electron chi connectivity index (χ0n) is 11.6. The van der Waals surface area contributed by atoms with E-state index in [0.29, 0.717) is 24.7 Å². The average Bonchev–Trinajstić information content (AvgIpc) is 2.44. The molecule has 8 heteroatoms. The molecular weight excluding hydrogens is 316 g/mol. The molecule has 21 heavy (non-hydrogen) atoms. The zero-order chi connectivity index (χ0) is 15.5. The van der Waals surface area contributed by atoms with E-state index >= 15 is 0 Å². The second-order valence-electron chi connectivity index (χ2n) is 4.74. The number of benzene rings is 1. The van der Waals surface area contributed by atoms with Crippen molar-refractivity contribution in [1.82, 2.24) is 9.62 Å². The molecule has 2 rings (SSSR count). The second-order valence-corrected chi connectivity index (χ2v) is 6.92. The maximum absolute atomic E-state index is 12.1. The van der Waals surface area contributed by atoms with Crippen molar-refractivity contribution in [3.05, 3.63) is 28.8 Å². The Balaban J connectivity index is 1.94. The Morgan fingerprint density at radius 2 is 2.19 bits per heavy atom. The highest BCUT2D eigenvalue weighted by molar-refractivity contribution is 7.89. The standard InChI is InChI=1S/C13H17ClN2O4S/c1-10-2-3-11(8-12(10)14)21(18,19)15-4-5-16-6-7-20-9-13(16)17/h2-3,8,15H,4-7,9H2,1H3. The number of sulfonamides is 1. The molecule has 1 aromatic rings. The first-order valence-electron chi connectivity index (χ1n) is 6.51. The number of aryl methyl sites for hydroxylation is 1. The van der Waals surface area contributed by atoms with E-state index in [2.05, 4.69) is 4.72 Å². The van der Waals surface area contributed by atoms with E-state index in [1.165, 1.54) is 12.1 Å². The van der Waals surface area contributed by atoms with E-state index in [0.717, 1.165) is 5.56 Å². The molecule has 1 heterocycles. The molecule has 1 amide bonds. The normalized spacial score (nSPS) is 16.3. The number of hydrogen-bond acceptors (Lipinski definition) is 4. The molecule has 0 aromatic heterocycles. The smallest absolute Gasteiger partial charge is 0.248 e. The molecule has 6 nitrogen and oxygen atoms in total. The van der Waals surface area contributed by atoms with Crippen molar-refractivity contribution in [2.24, 2.45) is 0 Å². The van der Waals surface area contributed by atoms with Crippen LogP contribution in [0.25, 0.3) is 0 Å². The summed E-state index contributed by atoms with van der Waals surface area (Å²) in [4.78, 5) is 13.2. The molecule has 0 radical (unpaired) electrons. The molecule has 0 bridgehead atoms. The summed E-state index contributed by atoms with van der Waals surface area (Å²) in [6.45, 7) is 3.29. The van der Waals surface area contributed by atoms with E-state index in [1.807, 2.05) is 0 Å². The summed E-state index contributed by atoms with van der Waals surface area (Å²) in [6.07, 6.45) is 0. The minimum absolute atomic E-state index is 0.0559. The van der Waals surface area contributed by atoms with Crippen LogP contribution >= 0.6 is 11.6 Å². The number of nitrogens with one attached hydrogen (secondary N) is 1. The number of nitrogens with zero attached hydrogens (tertiary/aromatic N) is 1. The van der Waals surface area contributed by atoms with Gasteiger partial charge in [-0.2, -0.15) is 0 Å². The van der Waals surface area contributed by atoms with E-state index in [-0.39, 0.29) is 24.0 Å². The van der Waals surface area contributed by atoms with Gasteiger partial charge in [0.05, 0.1) is 11.5 Å². The van der Waals surface area contributed by atoms with Gasteiger partial charge in [0.2, 0.25) is 15.9 Å². The fourth-order valence-corrected chi connectivity index (χ4v) is 3.22. The lowest BCUT2D eigenvalue weighted by atomic mass is 10.2. The number of rotatable bonds is 5. The largest absolute Gasteiger partial charge is 0.370 e. The molecule has 0 spiro atoms. The van der Waals surface area contributed by atoms with Crippen molar-refractivity contribution in [2.75, 3.05) is 32.8 Å². The Bertz CT molecular complexity index is 633. The Labute approximate surface area is 129 Å². The number of amides is 1. The second kappa shape index (κ2) is 6.74. The van der Waals surface area contributed by atoms with Gasteiger partial charge < -0.3 is 9.64 Å². The first-order chi connectivity index (χ1) is 9.90. The summed E-state index contributed by atoms with van der Waals surface area (Å²) in [5.41, 5.74) is 0.814. The van der Waals surface area contributed by atoms with E-state index in [1.54, 1.807) is 17.9 Å². The lowest BCUT2D eigenvalue weighted by Crippen LogP contribution is -2.45. The first kappa shape index (κ1) is 16.2. The molecule has 1 aliphatic rings. The fourth-order valence-electron chi connectivity index (χ4n) is 1.93. The van der Waals surface area contributed by atoms with Crippen LogP contribution < -0.4 is 4.72 Å². The molecule has 1 N–H and O–H groups in total. The van der Waals surface area contributed by atoms with Crippen molar-refractivity contribution in [1.29, 1.82) is 0 Å². The molecule has 0 unspecified atom stereocenters. The number of carbonyl (C=O) groups is 1. The van der Waals surface area contributed by atoms with Gasteiger partial charge in [-0.3, -0.25) is 4.79 Å². The Morgan fingerprint density at radius 1 is 1.43 bits per heavy atom. The molecule has 1 saturated heterocycles. The van der Waals surface area contributed by atoms with Gasteiger partial charge >= 0.3 is 0 Å². The number of morpholine rings is 1. The lowest BCUT2D eigenvalue weighted by Gasteiger charge is -2.26. The van der Waals surface area contributed by atoms with Crippen LogP contribution in [0.1, 0.15) is 5.56 Å². The van der Waals surface area contributed by atoms with Crippen LogP contribution in [0.4, 0.5) is 0 Å². The van der Waals surface area contributed by atoms with Crippen LogP contribution in [-0.4, -0.2) is 52.1 Å². The Hall–Kier alpha value is -1.15. The summed E-state index contributed by atoms with van der Waals surface area (Å²) in [5, 5.41) is 0.404. The van der Waals surface area contributed by atoms with Gasteiger partial charge in [0.1, 0.15) is 6.61 Å². The Morgan fingerprint density at radius 3 is 2.86 bits per heavy atom. The monoisotopic (exact) mass is 332 g/mol. The molecule has 1 aromatic carbocycles. The molecule has 1 aliphatic heterocycles.